The number of benzene rings is 1. The second kappa shape index (κ2) is 7.58. The number of carbonyl (C=O) groups is 1. The Balaban J connectivity index is 2.37. The van der Waals surface area contributed by atoms with Crippen LogP contribution in [0.1, 0.15) is 35.1 Å². The van der Waals surface area contributed by atoms with Gasteiger partial charge < -0.3 is 9.67 Å². The molecule has 0 aliphatic carbocycles. The quantitative estimate of drug-likeness (QED) is 0.890. The molecule has 0 amide bonds. The fraction of sp³-hybridized carbons (Fsp3) is 0.263. The van der Waals surface area contributed by atoms with Crippen molar-refractivity contribution in [1.29, 1.82) is 0 Å². The molecule has 0 atom stereocenters. The van der Waals surface area contributed by atoms with E-state index in [1.54, 1.807) is 11.6 Å². The van der Waals surface area contributed by atoms with Gasteiger partial charge in [-0.2, -0.15) is 0 Å². The average Bonchev–Trinajstić information content (AvgIpc) is 2.52. The minimum Gasteiger partial charge on any atom is -0.481 e. The van der Waals surface area contributed by atoms with Gasteiger partial charge in [-0.05, 0) is 36.5 Å². The van der Waals surface area contributed by atoms with Crippen molar-refractivity contribution in [2.75, 3.05) is 0 Å². The minimum atomic E-state index is -0.837. The second-order valence-corrected chi connectivity index (χ2v) is 5.61. The molecule has 0 unspecified atom stereocenters. The highest BCUT2D eigenvalue weighted by Gasteiger charge is 2.11. The molecule has 120 valence electrons. The van der Waals surface area contributed by atoms with Crippen LogP contribution in [0.3, 0.4) is 0 Å². The molecule has 0 fully saturated rings. The van der Waals surface area contributed by atoms with E-state index in [0.29, 0.717) is 18.4 Å². The molecule has 1 N–H and O–H groups in total. The normalized spacial score (nSPS) is 11.0. The van der Waals surface area contributed by atoms with Crippen molar-refractivity contribution in [3.05, 3.63) is 69.1 Å². The molecular formula is C19H21NO3. The van der Waals surface area contributed by atoms with Gasteiger partial charge in [0.25, 0.3) is 5.56 Å². The van der Waals surface area contributed by atoms with Crippen LogP contribution in [0, 0.1) is 6.92 Å². The molecule has 1 aromatic heterocycles. The van der Waals surface area contributed by atoms with Gasteiger partial charge >= 0.3 is 5.97 Å². The standard InChI is InChI=1S/C19H21NO3/c1-14-13-20(2)19(23)17(9-6-10-18(21)22)16(14)12-11-15-7-4-3-5-8-15/h3-5,7-8,11-13H,6,9-10H2,1-2H3,(H,21,22). The molecule has 0 radical (unpaired) electrons. The summed E-state index contributed by atoms with van der Waals surface area (Å²) in [4.78, 5) is 23.1. The highest BCUT2D eigenvalue weighted by molar-refractivity contribution is 5.72. The van der Waals surface area contributed by atoms with Gasteiger partial charge in [-0.3, -0.25) is 9.59 Å². The van der Waals surface area contributed by atoms with E-state index in [9.17, 15) is 9.59 Å². The second-order valence-electron chi connectivity index (χ2n) is 5.61. The molecule has 0 bridgehead atoms. The van der Waals surface area contributed by atoms with Gasteiger partial charge in [0.05, 0.1) is 0 Å². The Kier molecular flexibility index (Phi) is 5.52. The lowest BCUT2D eigenvalue weighted by Crippen LogP contribution is -2.23. The highest BCUT2D eigenvalue weighted by Crippen LogP contribution is 2.17. The molecule has 0 saturated heterocycles. The molecule has 1 aromatic carbocycles. The molecule has 1 heterocycles. The van der Waals surface area contributed by atoms with Crippen molar-refractivity contribution in [1.82, 2.24) is 4.57 Å². The first kappa shape index (κ1) is 16.7. The SMILES string of the molecule is Cc1cn(C)c(=O)c(CCCC(=O)O)c1C=Cc1ccccc1. The lowest BCUT2D eigenvalue weighted by molar-refractivity contribution is -0.137. The number of hydrogen-bond acceptors (Lipinski definition) is 2. The first-order valence-corrected chi connectivity index (χ1v) is 7.63. The fourth-order valence-corrected chi connectivity index (χ4v) is 2.62. The lowest BCUT2D eigenvalue weighted by Gasteiger charge is -2.11. The van der Waals surface area contributed by atoms with E-state index in [-0.39, 0.29) is 12.0 Å². The first-order valence-electron chi connectivity index (χ1n) is 7.63. The fourth-order valence-electron chi connectivity index (χ4n) is 2.62. The number of pyridine rings is 1. The summed E-state index contributed by atoms with van der Waals surface area (Å²) < 4.78 is 1.56. The third-order valence-electron chi connectivity index (χ3n) is 3.78. The highest BCUT2D eigenvalue weighted by atomic mass is 16.4. The van der Waals surface area contributed by atoms with Crippen molar-refractivity contribution >= 4 is 18.1 Å². The van der Waals surface area contributed by atoms with Gasteiger partial charge in [0.2, 0.25) is 0 Å². The number of aliphatic carboxylic acids is 1. The van der Waals surface area contributed by atoms with E-state index in [0.717, 1.165) is 16.7 Å². The van der Waals surface area contributed by atoms with E-state index >= 15 is 0 Å². The Labute approximate surface area is 135 Å². The van der Waals surface area contributed by atoms with Crippen LogP contribution >= 0.6 is 0 Å². The number of aromatic nitrogens is 1. The Morgan fingerprint density at radius 2 is 1.91 bits per heavy atom. The van der Waals surface area contributed by atoms with Crippen molar-refractivity contribution in [2.24, 2.45) is 7.05 Å². The van der Waals surface area contributed by atoms with Crippen LogP contribution in [0.4, 0.5) is 0 Å². The monoisotopic (exact) mass is 311 g/mol. The first-order chi connectivity index (χ1) is 11.0. The largest absolute Gasteiger partial charge is 0.481 e. The van der Waals surface area contributed by atoms with Gasteiger partial charge in [-0.15, -0.1) is 0 Å². The summed E-state index contributed by atoms with van der Waals surface area (Å²) in [6, 6.07) is 9.88. The summed E-state index contributed by atoms with van der Waals surface area (Å²) in [7, 11) is 1.72. The zero-order valence-corrected chi connectivity index (χ0v) is 13.5. The van der Waals surface area contributed by atoms with Crippen LogP contribution in [0.2, 0.25) is 0 Å². The van der Waals surface area contributed by atoms with E-state index in [2.05, 4.69) is 0 Å². The van der Waals surface area contributed by atoms with Gasteiger partial charge in [0, 0.05) is 25.2 Å². The summed E-state index contributed by atoms with van der Waals surface area (Å²) in [5, 5.41) is 8.79. The summed E-state index contributed by atoms with van der Waals surface area (Å²) >= 11 is 0. The molecule has 4 nitrogen and oxygen atoms in total. The lowest BCUT2D eigenvalue weighted by atomic mass is 9.99. The molecule has 2 rings (SSSR count). The van der Waals surface area contributed by atoms with Crippen LogP contribution in [0.25, 0.3) is 12.2 Å². The van der Waals surface area contributed by atoms with Gasteiger partial charge in [0.15, 0.2) is 0 Å². The predicted octanol–water partition coefficient (Wildman–Crippen LogP) is 3.27. The van der Waals surface area contributed by atoms with Crippen LogP contribution in [0.5, 0.6) is 0 Å². The molecule has 0 aliphatic heterocycles. The summed E-state index contributed by atoms with van der Waals surface area (Å²) in [5.74, 6) is -0.837. The zero-order chi connectivity index (χ0) is 16.8. The van der Waals surface area contributed by atoms with E-state index in [1.165, 1.54) is 0 Å². The maximum atomic E-state index is 12.4. The molecule has 4 heteroatoms. The number of nitrogens with zero attached hydrogens (tertiary/aromatic N) is 1. The van der Waals surface area contributed by atoms with E-state index < -0.39 is 5.97 Å². The number of carboxylic acid groups (broad SMARTS) is 1. The Morgan fingerprint density at radius 1 is 1.22 bits per heavy atom. The Bertz CT molecular complexity index is 773. The maximum Gasteiger partial charge on any atom is 0.303 e. The average molecular weight is 311 g/mol. The van der Waals surface area contributed by atoms with Crippen LogP contribution in [-0.4, -0.2) is 15.6 Å². The topological polar surface area (TPSA) is 59.3 Å². The summed E-state index contributed by atoms with van der Waals surface area (Å²) in [6.45, 7) is 1.96. The molecular weight excluding hydrogens is 290 g/mol. The Morgan fingerprint density at radius 3 is 2.57 bits per heavy atom. The van der Waals surface area contributed by atoms with Crippen molar-refractivity contribution < 1.29 is 9.90 Å². The minimum absolute atomic E-state index is 0.0614. The third-order valence-corrected chi connectivity index (χ3v) is 3.78. The maximum absolute atomic E-state index is 12.4. The van der Waals surface area contributed by atoms with E-state index in [4.69, 9.17) is 5.11 Å². The number of aryl methyl sites for hydroxylation is 2. The molecule has 0 spiro atoms. The number of hydrogen-bond donors (Lipinski definition) is 1. The number of carboxylic acids is 1. The third kappa shape index (κ3) is 4.42. The van der Waals surface area contributed by atoms with Crippen molar-refractivity contribution in [3.8, 4) is 0 Å². The molecule has 0 saturated carbocycles. The smallest absolute Gasteiger partial charge is 0.303 e. The number of rotatable bonds is 6. The van der Waals surface area contributed by atoms with Crippen LogP contribution in [-0.2, 0) is 18.3 Å². The van der Waals surface area contributed by atoms with Gasteiger partial charge in [-0.25, -0.2) is 0 Å². The molecule has 2 aromatic rings. The molecule has 0 aliphatic rings. The predicted molar refractivity (Wildman–Crippen MR) is 92.4 cm³/mol. The zero-order valence-electron chi connectivity index (χ0n) is 13.5. The van der Waals surface area contributed by atoms with Crippen molar-refractivity contribution in [2.45, 2.75) is 26.2 Å². The summed E-state index contributed by atoms with van der Waals surface area (Å²) in [5.41, 5.74) is 3.57. The van der Waals surface area contributed by atoms with Gasteiger partial charge in [0.1, 0.15) is 0 Å². The Hall–Kier alpha value is -2.62. The summed E-state index contributed by atoms with van der Waals surface area (Å²) in [6.07, 6.45) is 6.73. The van der Waals surface area contributed by atoms with Gasteiger partial charge in [-0.1, -0.05) is 42.5 Å². The van der Waals surface area contributed by atoms with Crippen LogP contribution < -0.4 is 5.56 Å². The van der Waals surface area contributed by atoms with Crippen molar-refractivity contribution in [3.63, 3.8) is 0 Å². The van der Waals surface area contributed by atoms with Crippen LogP contribution in [0.15, 0.2) is 41.3 Å². The van der Waals surface area contributed by atoms with E-state index in [1.807, 2.05) is 55.6 Å². The molecule has 23 heavy (non-hydrogen) atoms.